The Kier molecular flexibility index (Phi) is 7.21. The van der Waals surface area contributed by atoms with Gasteiger partial charge in [-0.05, 0) is 85.7 Å². The number of carbonyl (C=O) groups is 2. The Hall–Kier alpha value is -4.06. The minimum Gasteiger partial charge on any atom is -0.507 e. The molecule has 1 N–H and O–H groups in total. The number of methoxy groups -OCH3 is 1. The van der Waals surface area contributed by atoms with Gasteiger partial charge in [-0.2, -0.15) is 0 Å². The van der Waals surface area contributed by atoms with Crippen LogP contribution in [0.2, 0.25) is 0 Å². The molecule has 202 valence electrons. The molecular weight excluding hydrogens is 488 g/mol. The number of aliphatic hydroxyl groups excluding tert-OH is 1. The number of hydrogen-bond donors (Lipinski definition) is 1. The first-order chi connectivity index (χ1) is 18.7. The summed E-state index contributed by atoms with van der Waals surface area (Å²) in [7, 11) is 1.62. The van der Waals surface area contributed by atoms with Gasteiger partial charge in [-0.1, -0.05) is 43.7 Å². The molecule has 1 atom stereocenters. The summed E-state index contributed by atoms with van der Waals surface area (Å²) in [5, 5.41) is 11.7. The predicted octanol–water partition coefficient (Wildman–Crippen LogP) is 6.66. The van der Waals surface area contributed by atoms with Crippen LogP contribution in [0.4, 0.5) is 11.4 Å². The highest BCUT2D eigenvalue weighted by Crippen LogP contribution is 2.44. The van der Waals surface area contributed by atoms with Gasteiger partial charge in [0.2, 0.25) is 0 Å². The number of Topliss-reactive ketones (excluding diaryl/α,β-unsaturated/α-hetero) is 1. The van der Waals surface area contributed by atoms with Crippen LogP contribution >= 0.6 is 0 Å². The number of hydrogen-bond acceptors (Lipinski definition) is 5. The number of aliphatic hydroxyl groups is 1. The number of ether oxygens (including phenoxy) is 1. The third-order valence-electron chi connectivity index (χ3n) is 7.86. The summed E-state index contributed by atoms with van der Waals surface area (Å²) >= 11 is 0. The number of ketones is 1. The van der Waals surface area contributed by atoms with Crippen LogP contribution < -0.4 is 14.5 Å². The van der Waals surface area contributed by atoms with E-state index in [9.17, 15) is 14.7 Å². The first kappa shape index (κ1) is 26.5. The van der Waals surface area contributed by atoms with E-state index in [0.29, 0.717) is 11.3 Å². The zero-order valence-electron chi connectivity index (χ0n) is 23.3. The molecule has 1 unspecified atom stereocenters. The maximum atomic E-state index is 13.7. The van der Waals surface area contributed by atoms with Crippen molar-refractivity contribution in [3.05, 3.63) is 94.1 Å². The second-order valence-electron chi connectivity index (χ2n) is 10.9. The molecule has 0 aromatic heterocycles. The lowest BCUT2D eigenvalue weighted by Crippen LogP contribution is -2.29. The number of carbonyl (C=O) groups excluding carboxylic acids is 2. The van der Waals surface area contributed by atoms with Gasteiger partial charge >= 0.3 is 0 Å². The van der Waals surface area contributed by atoms with Gasteiger partial charge in [0.05, 0.1) is 18.7 Å². The Labute approximate surface area is 230 Å². The van der Waals surface area contributed by atoms with E-state index < -0.39 is 17.7 Å². The van der Waals surface area contributed by atoms with Crippen LogP contribution in [-0.2, 0) is 9.59 Å². The zero-order chi connectivity index (χ0) is 27.8. The Morgan fingerprint density at radius 3 is 2.23 bits per heavy atom. The van der Waals surface area contributed by atoms with Gasteiger partial charge in [0.1, 0.15) is 11.5 Å². The molecule has 0 spiro atoms. The number of benzene rings is 3. The summed E-state index contributed by atoms with van der Waals surface area (Å²) in [6.45, 7) is 9.99. The Morgan fingerprint density at radius 2 is 1.62 bits per heavy atom. The van der Waals surface area contributed by atoms with Crippen LogP contribution in [0.5, 0.6) is 5.75 Å². The van der Waals surface area contributed by atoms with Crippen molar-refractivity contribution in [2.45, 2.75) is 52.5 Å². The predicted molar refractivity (Wildman–Crippen MR) is 156 cm³/mol. The largest absolute Gasteiger partial charge is 0.507 e. The molecule has 1 amide bonds. The average Bonchev–Trinajstić information content (AvgIpc) is 3.55. The normalized spacial score (nSPS) is 18.9. The van der Waals surface area contributed by atoms with E-state index in [4.69, 9.17) is 4.74 Å². The number of rotatable bonds is 6. The summed E-state index contributed by atoms with van der Waals surface area (Å²) in [6.07, 6.45) is 2.35. The summed E-state index contributed by atoms with van der Waals surface area (Å²) in [5.74, 6) is -0.640. The molecular formula is C33H36N2O4. The molecule has 39 heavy (non-hydrogen) atoms. The molecule has 0 radical (unpaired) electrons. The van der Waals surface area contributed by atoms with Crippen LogP contribution in [0, 0.1) is 13.8 Å². The second kappa shape index (κ2) is 10.6. The highest BCUT2D eigenvalue weighted by Gasteiger charge is 2.47. The van der Waals surface area contributed by atoms with Crippen molar-refractivity contribution in [3.63, 3.8) is 0 Å². The van der Waals surface area contributed by atoms with E-state index in [-0.39, 0.29) is 17.3 Å². The summed E-state index contributed by atoms with van der Waals surface area (Å²) in [4.78, 5) is 31.1. The van der Waals surface area contributed by atoms with Crippen LogP contribution in [0.25, 0.3) is 5.76 Å². The Bertz CT molecular complexity index is 1450. The molecule has 3 aromatic carbocycles. The van der Waals surface area contributed by atoms with Crippen LogP contribution in [0.15, 0.2) is 66.2 Å². The molecule has 3 aromatic rings. The summed E-state index contributed by atoms with van der Waals surface area (Å²) in [6, 6.07) is 18.6. The van der Waals surface area contributed by atoms with E-state index in [1.54, 1.807) is 7.11 Å². The van der Waals surface area contributed by atoms with Gasteiger partial charge in [-0.3, -0.25) is 14.5 Å². The minimum absolute atomic E-state index is 0.0946. The number of anilines is 2. The first-order valence-corrected chi connectivity index (χ1v) is 13.6. The molecule has 2 aliphatic heterocycles. The molecule has 0 aliphatic carbocycles. The zero-order valence-corrected chi connectivity index (χ0v) is 23.3. The fourth-order valence-corrected chi connectivity index (χ4v) is 5.78. The lowest BCUT2D eigenvalue weighted by molar-refractivity contribution is -0.132. The van der Waals surface area contributed by atoms with Crippen LogP contribution in [-0.4, -0.2) is 37.0 Å². The third kappa shape index (κ3) is 4.80. The van der Waals surface area contributed by atoms with Crippen molar-refractivity contribution in [2.24, 2.45) is 0 Å². The maximum absolute atomic E-state index is 13.7. The van der Waals surface area contributed by atoms with Crippen molar-refractivity contribution >= 4 is 28.8 Å². The lowest BCUT2D eigenvalue weighted by Gasteiger charge is -2.27. The van der Waals surface area contributed by atoms with Crippen LogP contribution in [0.1, 0.15) is 66.5 Å². The minimum atomic E-state index is -0.758. The highest BCUT2D eigenvalue weighted by atomic mass is 16.5. The van der Waals surface area contributed by atoms with Gasteiger partial charge in [-0.15, -0.1) is 0 Å². The monoisotopic (exact) mass is 524 g/mol. The Morgan fingerprint density at radius 1 is 0.949 bits per heavy atom. The average molecular weight is 525 g/mol. The fourth-order valence-electron chi connectivity index (χ4n) is 5.78. The molecule has 2 aliphatic rings. The molecule has 6 heteroatoms. The second-order valence-corrected chi connectivity index (χ2v) is 10.9. The smallest absolute Gasteiger partial charge is 0.300 e. The van der Waals surface area contributed by atoms with Crippen molar-refractivity contribution in [3.8, 4) is 5.75 Å². The van der Waals surface area contributed by atoms with Crippen molar-refractivity contribution in [1.29, 1.82) is 0 Å². The van der Waals surface area contributed by atoms with E-state index in [0.717, 1.165) is 46.8 Å². The third-order valence-corrected chi connectivity index (χ3v) is 7.86. The summed E-state index contributed by atoms with van der Waals surface area (Å²) in [5.41, 5.74) is 5.81. The molecule has 5 rings (SSSR count). The van der Waals surface area contributed by atoms with Crippen molar-refractivity contribution in [2.75, 3.05) is 30.0 Å². The van der Waals surface area contributed by atoms with Crippen molar-refractivity contribution < 1.29 is 19.4 Å². The molecule has 2 heterocycles. The maximum Gasteiger partial charge on any atom is 0.300 e. The molecule has 6 nitrogen and oxygen atoms in total. The topological polar surface area (TPSA) is 70.1 Å². The SMILES string of the molecule is COc1cc(C)c(/C(O)=C2\C(=O)C(=O)N(c3ccc(N4CCCC4)cc3)C2c2cccc(C)c2)cc1C(C)C. The number of amides is 1. The standard InChI is InChI=1S/C33H36N2O4/c1-20(2)26-19-27(22(4)18-28(26)39-5)31(36)29-30(23-10-8-9-21(3)17-23)35(33(38)32(29)37)25-13-11-24(12-14-25)34-15-6-7-16-34/h8-14,17-20,30,36H,6-7,15-16H2,1-5H3/b31-29+. The van der Waals surface area contributed by atoms with Crippen LogP contribution in [0.3, 0.4) is 0 Å². The molecule has 0 saturated carbocycles. The van der Waals surface area contributed by atoms with E-state index >= 15 is 0 Å². The van der Waals surface area contributed by atoms with E-state index in [1.165, 1.54) is 17.7 Å². The Balaban J connectivity index is 1.67. The van der Waals surface area contributed by atoms with Gasteiger partial charge < -0.3 is 14.7 Å². The number of aryl methyl sites for hydroxylation is 2. The van der Waals surface area contributed by atoms with E-state index in [2.05, 4.69) is 18.7 Å². The molecule has 2 fully saturated rings. The van der Waals surface area contributed by atoms with Gasteiger partial charge in [0.15, 0.2) is 0 Å². The number of nitrogens with zero attached hydrogens (tertiary/aromatic N) is 2. The molecule has 2 saturated heterocycles. The summed E-state index contributed by atoms with van der Waals surface area (Å²) < 4.78 is 5.58. The van der Waals surface area contributed by atoms with Gasteiger partial charge in [0, 0.05) is 30.0 Å². The lowest BCUT2D eigenvalue weighted by atomic mass is 9.90. The first-order valence-electron chi connectivity index (χ1n) is 13.6. The quantitative estimate of drug-likeness (QED) is 0.222. The molecule has 0 bridgehead atoms. The van der Waals surface area contributed by atoms with Gasteiger partial charge in [0.25, 0.3) is 11.7 Å². The van der Waals surface area contributed by atoms with Crippen molar-refractivity contribution in [1.82, 2.24) is 0 Å². The highest BCUT2D eigenvalue weighted by molar-refractivity contribution is 6.51. The van der Waals surface area contributed by atoms with E-state index in [1.807, 2.05) is 74.5 Å². The fraction of sp³-hybridized carbons (Fsp3) is 0.333. The van der Waals surface area contributed by atoms with Gasteiger partial charge in [-0.25, -0.2) is 0 Å².